The molecule has 12 heteroatoms. The van der Waals surface area contributed by atoms with Gasteiger partial charge in [0.25, 0.3) is 12.4 Å². The molecule has 0 fully saturated rings. The van der Waals surface area contributed by atoms with Gasteiger partial charge in [-0.3, -0.25) is 14.4 Å². The van der Waals surface area contributed by atoms with Crippen molar-refractivity contribution in [1.82, 2.24) is 0 Å². The number of carboxylic acids is 2. The summed E-state index contributed by atoms with van der Waals surface area (Å²) in [5.41, 5.74) is 2.49. The summed E-state index contributed by atoms with van der Waals surface area (Å²) in [6.07, 6.45) is 37.6. The lowest BCUT2D eigenvalue weighted by Gasteiger charge is -2.11. The third kappa shape index (κ3) is 35.3. The first-order valence-electron chi connectivity index (χ1n) is 34.2. The van der Waals surface area contributed by atoms with Crippen LogP contribution >= 0.6 is 45.3 Å². The predicted octanol–water partition coefficient (Wildman–Crippen LogP) is 26.4. The molecule has 0 aliphatic rings. The summed E-state index contributed by atoms with van der Waals surface area (Å²) in [5.74, 6) is -0.341. The first kappa shape index (κ1) is 83.1. The number of carbonyl (C=O) groups is 4. The van der Waals surface area contributed by atoms with Crippen molar-refractivity contribution >= 4 is 99.6 Å². The first-order chi connectivity index (χ1) is 42.1. The van der Waals surface area contributed by atoms with E-state index in [0.717, 1.165) is 69.0 Å². The second kappa shape index (κ2) is 53.9. The SMILES string of the molecule is CC.CC(=O)O.CCCC(OC=O)c1ccc(-c2ccc3c(c2)sc2c4ccc(-c5ccc(C(CC)OC)s5)cc4sc32)s1.CCCCCCC.CCCCCCC(C)C(=O)O.CCCCCCC(C)CCCC.CCCCCCC(C=O)CCCC. The maximum absolute atomic E-state index is 11.0. The number of hydrogen-bond acceptors (Lipinski definition) is 10. The standard InChI is InChI=1S/C31H28O3S4.C12H24O.C12H26.C9H18O2.C7H16.C2H4O2.C2H6/c1-4-6-23(34-17-32)27-14-12-25(36-27)19-8-10-21-29(16-19)38-30-20-9-7-18(15-28(20)37-31(21)30)24-11-13-26(35-24)22(5-2)33-3;1-3-5-7-8-10-12(11-13)9-6-4-2;1-4-6-8-9-11-12(3)10-7-5-2;1-3-4-5-6-7-8(2)9(10)11;1-3-5-7-6-4-2;1-2(3)4;1-2/h7-17,22-23H,4-6H2,1-3H3;11-12H,3-10H2,1-2H3;12H,4-11H2,1-3H3;8H,3-7H2,1-2H3,(H,10,11);3-7H2,1-2H3;1H3,(H,3,4);1-2H3. The quantitative estimate of drug-likeness (QED) is 0.0292. The Morgan fingerprint density at radius 1 is 0.483 bits per heavy atom. The van der Waals surface area contributed by atoms with Gasteiger partial charge in [-0.25, -0.2) is 0 Å². The van der Waals surface area contributed by atoms with E-state index in [2.05, 4.69) is 130 Å². The minimum Gasteiger partial charge on any atom is -0.481 e. The molecular weight excluding hydrogens is 1160 g/mol. The van der Waals surface area contributed by atoms with E-state index >= 15 is 0 Å². The highest BCUT2D eigenvalue weighted by atomic mass is 32.1. The Morgan fingerprint density at radius 2 is 0.874 bits per heavy atom. The number of fused-ring (bicyclic) bond motifs is 5. The van der Waals surface area contributed by atoms with Crippen LogP contribution in [0.15, 0.2) is 60.7 Å². The van der Waals surface area contributed by atoms with E-state index in [9.17, 15) is 14.4 Å². The molecule has 0 radical (unpaired) electrons. The monoisotopic (exact) mass is 1280 g/mol. The van der Waals surface area contributed by atoms with Crippen LogP contribution in [-0.4, -0.2) is 42.0 Å². The number of rotatable bonds is 37. The molecule has 0 spiro atoms. The molecule has 2 aromatic carbocycles. The molecule has 0 amide bonds. The van der Waals surface area contributed by atoms with Crippen LogP contribution in [0.3, 0.4) is 0 Å². The number of ether oxygens (including phenoxy) is 2. The van der Waals surface area contributed by atoms with Crippen LogP contribution in [0, 0.1) is 17.8 Å². The zero-order chi connectivity index (χ0) is 65.2. The number of thiophene rings is 4. The number of methoxy groups -OCH3 is 1. The van der Waals surface area contributed by atoms with Gasteiger partial charge in [0.05, 0.1) is 21.4 Å². The van der Waals surface area contributed by atoms with Gasteiger partial charge < -0.3 is 24.5 Å². The number of aliphatic carboxylic acids is 2. The van der Waals surface area contributed by atoms with Crippen LogP contribution in [0.25, 0.3) is 50.5 Å². The zero-order valence-corrected chi connectivity index (χ0v) is 60.6. The lowest BCUT2D eigenvalue weighted by Crippen LogP contribution is -2.08. The summed E-state index contributed by atoms with van der Waals surface area (Å²) in [6.45, 7) is 29.7. The summed E-state index contributed by atoms with van der Waals surface area (Å²) >= 11 is 7.32. The van der Waals surface area contributed by atoms with Gasteiger partial charge in [-0.1, -0.05) is 268 Å². The molecule has 0 aliphatic heterocycles. The van der Waals surface area contributed by atoms with Crippen LogP contribution in [-0.2, 0) is 28.7 Å². The fraction of sp³-hybridized carbons (Fsp3) is 0.653. The van der Waals surface area contributed by atoms with Gasteiger partial charge in [0.1, 0.15) is 12.4 Å². The molecule has 494 valence electrons. The third-order valence-corrected chi connectivity index (χ3v) is 20.2. The number of carbonyl (C=O) groups excluding carboxylic acids is 2. The Morgan fingerprint density at radius 3 is 1.26 bits per heavy atom. The Hall–Kier alpha value is -3.94. The van der Waals surface area contributed by atoms with Crippen molar-refractivity contribution in [1.29, 1.82) is 0 Å². The molecule has 0 bridgehead atoms. The Labute approximate surface area is 546 Å². The second-order valence-corrected chi connectivity index (χ2v) is 27.3. The number of unbranched alkanes of at least 4 members (excludes halogenated alkanes) is 15. The molecule has 0 saturated heterocycles. The van der Waals surface area contributed by atoms with E-state index in [-0.39, 0.29) is 18.1 Å². The molecular formula is C75H122O8S4. The van der Waals surface area contributed by atoms with Gasteiger partial charge in [0, 0.05) is 59.6 Å². The maximum atomic E-state index is 11.0. The molecule has 0 aliphatic carbocycles. The lowest BCUT2D eigenvalue weighted by atomic mass is 9.97. The summed E-state index contributed by atoms with van der Waals surface area (Å²) in [4.78, 5) is 45.9. The van der Waals surface area contributed by atoms with Crippen molar-refractivity contribution < 1.29 is 38.9 Å². The van der Waals surface area contributed by atoms with Crippen molar-refractivity contribution in [2.45, 2.75) is 295 Å². The molecule has 4 aromatic heterocycles. The fourth-order valence-corrected chi connectivity index (χ4v) is 14.9. The second-order valence-electron chi connectivity index (χ2n) is 23.0. The first-order valence-corrected chi connectivity index (χ1v) is 37.5. The molecule has 4 heterocycles. The Bertz CT molecular complexity index is 2610. The van der Waals surface area contributed by atoms with Crippen molar-refractivity contribution in [3.8, 4) is 20.9 Å². The maximum Gasteiger partial charge on any atom is 0.306 e. The summed E-state index contributed by atoms with van der Waals surface area (Å²) in [7, 11) is 1.79. The van der Waals surface area contributed by atoms with Crippen LogP contribution in [0.1, 0.15) is 305 Å². The van der Waals surface area contributed by atoms with E-state index < -0.39 is 11.9 Å². The highest BCUT2D eigenvalue weighted by molar-refractivity contribution is 7.36. The van der Waals surface area contributed by atoms with E-state index in [1.54, 1.807) is 25.4 Å². The minimum absolute atomic E-state index is 0.155. The van der Waals surface area contributed by atoms with Crippen molar-refractivity contribution in [3.05, 3.63) is 70.4 Å². The van der Waals surface area contributed by atoms with Gasteiger partial charge in [-0.2, -0.15) is 0 Å². The molecule has 2 N–H and O–H groups in total. The molecule has 5 unspecified atom stereocenters. The molecule has 8 nitrogen and oxygen atoms in total. The number of hydrogen-bond donors (Lipinski definition) is 2. The van der Waals surface area contributed by atoms with Gasteiger partial charge in [-0.15, -0.1) is 45.3 Å². The van der Waals surface area contributed by atoms with Gasteiger partial charge >= 0.3 is 5.97 Å². The van der Waals surface area contributed by atoms with E-state index in [4.69, 9.17) is 24.5 Å². The minimum atomic E-state index is -0.833. The normalized spacial score (nSPS) is 12.4. The van der Waals surface area contributed by atoms with Crippen molar-refractivity contribution in [2.24, 2.45) is 17.8 Å². The largest absolute Gasteiger partial charge is 0.481 e. The lowest BCUT2D eigenvalue weighted by molar-refractivity contribution is -0.141. The van der Waals surface area contributed by atoms with Gasteiger partial charge in [0.15, 0.2) is 0 Å². The topological polar surface area (TPSA) is 127 Å². The highest BCUT2D eigenvalue weighted by Crippen LogP contribution is 2.47. The summed E-state index contributed by atoms with van der Waals surface area (Å²) < 4.78 is 16.4. The number of carboxylic acid groups (broad SMARTS) is 2. The Kier molecular flexibility index (Phi) is 51.4. The van der Waals surface area contributed by atoms with Crippen LogP contribution in [0.4, 0.5) is 0 Å². The smallest absolute Gasteiger partial charge is 0.306 e. The van der Waals surface area contributed by atoms with Gasteiger partial charge in [-0.05, 0) is 85.5 Å². The Balaban J connectivity index is 0.00000124. The van der Waals surface area contributed by atoms with E-state index in [1.165, 1.54) is 197 Å². The highest BCUT2D eigenvalue weighted by Gasteiger charge is 2.18. The fourth-order valence-electron chi connectivity index (χ4n) is 9.89. The van der Waals surface area contributed by atoms with Gasteiger partial charge in [0.2, 0.25) is 0 Å². The van der Waals surface area contributed by atoms with Crippen LogP contribution < -0.4 is 0 Å². The molecule has 5 atom stereocenters. The summed E-state index contributed by atoms with van der Waals surface area (Å²) in [5, 5.41) is 18.6. The molecule has 87 heavy (non-hydrogen) atoms. The third-order valence-electron chi connectivity index (χ3n) is 15.2. The number of benzene rings is 2. The van der Waals surface area contributed by atoms with Crippen molar-refractivity contribution in [2.75, 3.05) is 7.11 Å². The zero-order valence-electron chi connectivity index (χ0n) is 57.3. The molecule has 6 rings (SSSR count). The number of aldehydes is 1. The van der Waals surface area contributed by atoms with Crippen molar-refractivity contribution in [3.63, 3.8) is 0 Å². The molecule has 0 saturated carbocycles. The average molecular weight is 1280 g/mol. The van der Waals surface area contributed by atoms with E-state index in [0.29, 0.717) is 12.4 Å². The van der Waals surface area contributed by atoms with E-state index in [1.807, 2.05) is 47.9 Å². The molecule has 6 aromatic rings. The van der Waals surface area contributed by atoms with Crippen LogP contribution in [0.2, 0.25) is 0 Å². The predicted molar refractivity (Wildman–Crippen MR) is 386 cm³/mol. The van der Waals surface area contributed by atoms with Crippen LogP contribution in [0.5, 0.6) is 0 Å². The average Bonchev–Trinajstić information content (AvgIpc) is 2.17. The summed E-state index contributed by atoms with van der Waals surface area (Å²) in [6, 6.07) is 22.4.